The van der Waals surface area contributed by atoms with Gasteiger partial charge in [0.15, 0.2) is 0 Å². The minimum Gasteiger partial charge on any atom is -0.430 e. The maximum atomic E-state index is 9.10. The van der Waals surface area contributed by atoms with Crippen molar-refractivity contribution in [3.63, 3.8) is 0 Å². The summed E-state index contributed by atoms with van der Waals surface area (Å²) in [6.07, 6.45) is 0. The fourth-order valence-electron chi connectivity index (χ4n) is 1.83. The second-order valence-corrected chi connectivity index (χ2v) is 5.34. The van der Waals surface area contributed by atoms with E-state index >= 15 is 0 Å². The third kappa shape index (κ3) is 2.42. The molecule has 5 heteroatoms. The molecule has 0 radical (unpaired) electrons. The Morgan fingerprint density at radius 3 is 2.74 bits per heavy atom. The standard InChI is InChI=1S/C14H10ClNO2S/c15-13-12(8-17)19-14(16-13)18-11-7-3-5-9-4-1-2-6-10(9)11/h1-7,17H,8H2. The zero-order valence-corrected chi connectivity index (χ0v) is 11.4. The predicted octanol–water partition coefficient (Wildman–Crippen LogP) is 4.23. The summed E-state index contributed by atoms with van der Waals surface area (Å²) in [5.74, 6) is 0.730. The summed E-state index contributed by atoms with van der Waals surface area (Å²) < 4.78 is 5.77. The number of rotatable bonds is 3. The summed E-state index contributed by atoms with van der Waals surface area (Å²) in [4.78, 5) is 4.69. The van der Waals surface area contributed by atoms with Gasteiger partial charge in [0.25, 0.3) is 5.19 Å². The van der Waals surface area contributed by atoms with E-state index in [1.807, 2.05) is 42.5 Å². The van der Waals surface area contributed by atoms with Crippen LogP contribution in [0.5, 0.6) is 10.9 Å². The SMILES string of the molecule is OCc1sc(Oc2cccc3ccccc23)nc1Cl. The summed E-state index contributed by atoms with van der Waals surface area (Å²) in [5.41, 5.74) is 0. The van der Waals surface area contributed by atoms with E-state index in [4.69, 9.17) is 21.4 Å². The van der Waals surface area contributed by atoms with Gasteiger partial charge in [0.05, 0.1) is 11.5 Å². The third-order valence-corrected chi connectivity index (χ3v) is 4.06. The number of thiazole rings is 1. The predicted molar refractivity (Wildman–Crippen MR) is 77.1 cm³/mol. The molecule has 0 saturated heterocycles. The highest BCUT2D eigenvalue weighted by Crippen LogP contribution is 2.34. The molecule has 0 saturated carbocycles. The van der Waals surface area contributed by atoms with Crippen LogP contribution in [0, 0.1) is 0 Å². The maximum Gasteiger partial charge on any atom is 0.280 e. The number of fused-ring (bicyclic) bond motifs is 1. The highest BCUT2D eigenvalue weighted by Gasteiger charge is 2.11. The van der Waals surface area contributed by atoms with E-state index in [0.29, 0.717) is 15.2 Å². The van der Waals surface area contributed by atoms with Gasteiger partial charge in [-0.1, -0.05) is 59.3 Å². The highest BCUT2D eigenvalue weighted by atomic mass is 35.5. The fourth-order valence-corrected chi connectivity index (χ4v) is 2.81. The van der Waals surface area contributed by atoms with Gasteiger partial charge >= 0.3 is 0 Å². The summed E-state index contributed by atoms with van der Waals surface area (Å²) in [6.45, 7) is -0.130. The topological polar surface area (TPSA) is 42.4 Å². The van der Waals surface area contributed by atoms with Gasteiger partial charge in [0, 0.05) is 5.39 Å². The van der Waals surface area contributed by atoms with Crippen molar-refractivity contribution in [2.75, 3.05) is 0 Å². The Morgan fingerprint density at radius 1 is 1.16 bits per heavy atom. The number of aromatic nitrogens is 1. The van der Waals surface area contributed by atoms with Crippen molar-refractivity contribution in [1.82, 2.24) is 4.98 Å². The van der Waals surface area contributed by atoms with Gasteiger partial charge in [-0.3, -0.25) is 0 Å². The molecule has 0 unspecified atom stereocenters. The molecular formula is C14H10ClNO2S. The van der Waals surface area contributed by atoms with Crippen LogP contribution in [-0.4, -0.2) is 10.1 Å². The zero-order valence-electron chi connectivity index (χ0n) is 9.84. The first-order chi connectivity index (χ1) is 9.28. The number of nitrogens with zero attached hydrogens (tertiary/aromatic N) is 1. The molecule has 2 aromatic carbocycles. The van der Waals surface area contributed by atoms with E-state index in [9.17, 15) is 0 Å². The second-order valence-electron chi connectivity index (χ2n) is 3.93. The number of benzene rings is 2. The molecule has 1 aromatic heterocycles. The number of halogens is 1. The molecule has 3 nitrogen and oxygen atoms in total. The van der Waals surface area contributed by atoms with E-state index in [1.165, 1.54) is 11.3 Å². The van der Waals surface area contributed by atoms with Gasteiger partial charge in [0.1, 0.15) is 10.9 Å². The van der Waals surface area contributed by atoms with Crippen LogP contribution in [0.4, 0.5) is 0 Å². The Bertz CT molecular complexity index is 721. The number of hydrogen-bond donors (Lipinski definition) is 1. The molecule has 19 heavy (non-hydrogen) atoms. The number of aliphatic hydroxyl groups excluding tert-OH is 1. The first-order valence-corrected chi connectivity index (χ1v) is 6.89. The molecule has 0 fully saturated rings. The highest BCUT2D eigenvalue weighted by molar-refractivity contribution is 7.13. The van der Waals surface area contributed by atoms with Crippen LogP contribution in [0.2, 0.25) is 5.15 Å². The molecule has 0 amide bonds. The second kappa shape index (κ2) is 5.17. The zero-order chi connectivity index (χ0) is 13.2. The van der Waals surface area contributed by atoms with Crippen LogP contribution in [0.25, 0.3) is 10.8 Å². The van der Waals surface area contributed by atoms with Crippen LogP contribution < -0.4 is 4.74 Å². The molecule has 1 heterocycles. The molecule has 0 aliphatic carbocycles. The van der Waals surface area contributed by atoms with Crippen LogP contribution in [0.15, 0.2) is 42.5 Å². The Kier molecular flexibility index (Phi) is 3.38. The van der Waals surface area contributed by atoms with Crippen molar-refractivity contribution in [3.05, 3.63) is 52.5 Å². The van der Waals surface area contributed by atoms with Gasteiger partial charge in [-0.25, -0.2) is 0 Å². The molecule has 0 atom stereocenters. The van der Waals surface area contributed by atoms with Crippen molar-refractivity contribution < 1.29 is 9.84 Å². The third-order valence-electron chi connectivity index (χ3n) is 2.72. The van der Waals surface area contributed by atoms with E-state index in [-0.39, 0.29) is 6.61 Å². The lowest BCUT2D eigenvalue weighted by Crippen LogP contribution is -1.84. The van der Waals surface area contributed by atoms with Gasteiger partial charge in [-0.05, 0) is 11.5 Å². The average molecular weight is 292 g/mol. The molecule has 3 aromatic rings. The normalized spacial score (nSPS) is 10.8. The Labute approximate surface area is 119 Å². The van der Waals surface area contributed by atoms with Crippen molar-refractivity contribution in [2.45, 2.75) is 6.61 Å². The van der Waals surface area contributed by atoms with Crippen molar-refractivity contribution in [2.24, 2.45) is 0 Å². The Balaban J connectivity index is 2.00. The molecule has 0 bridgehead atoms. The molecule has 0 aliphatic heterocycles. The summed E-state index contributed by atoms with van der Waals surface area (Å²) in [7, 11) is 0. The minimum absolute atomic E-state index is 0.130. The van der Waals surface area contributed by atoms with Crippen LogP contribution >= 0.6 is 22.9 Å². The maximum absolute atomic E-state index is 9.10. The first kappa shape index (κ1) is 12.4. The average Bonchev–Trinajstić information content (AvgIpc) is 2.79. The number of aliphatic hydroxyl groups is 1. The summed E-state index contributed by atoms with van der Waals surface area (Å²) >= 11 is 7.14. The molecular weight excluding hydrogens is 282 g/mol. The number of hydrogen-bond acceptors (Lipinski definition) is 4. The smallest absolute Gasteiger partial charge is 0.280 e. The van der Waals surface area contributed by atoms with Crippen LogP contribution in [0.3, 0.4) is 0 Å². The van der Waals surface area contributed by atoms with Gasteiger partial charge in [0.2, 0.25) is 0 Å². The largest absolute Gasteiger partial charge is 0.430 e. The number of ether oxygens (including phenoxy) is 1. The van der Waals surface area contributed by atoms with Crippen molar-refractivity contribution in [3.8, 4) is 10.9 Å². The lowest BCUT2D eigenvalue weighted by molar-refractivity contribution is 0.285. The Hall–Kier alpha value is -1.62. The molecule has 0 aliphatic rings. The van der Waals surface area contributed by atoms with E-state index in [2.05, 4.69) is 4.98 Å². The quantitative estimate of drug-likeness (QED) is 0.785. The van der Waals surface area contributed by atoms with E-state index < -0.39 is 0 Å². The van der Waals surface area contributed by atoms with Crippen molar-refractivity contribution >= 4 is 33.7 Å². The summed E-state index contributed by atoms with van der Waals surface area (Å²) in [6, 6.07) is 13.8. The monoisotopic (exact) mass is 291 g/mol. The minimum atomic E-state index is -0.130. The molecule has 0 spiro atoms. The van der Waals surface area contributed by atoms with Gasteiger partial charge in [-0.2, -0.15) is 4.98 Å². The van der Waals surface area contributed by atoms with Gasteiger partial charge in [-0.15, -0.1) is 0 Å². The lowest BCUT2D eigenvalue weighted by Gasteiger charge is -2.05. The van der Waals surface area contributed by atoms with Gasteiger partial charge < -0.3 is 9.84 Å². The van der Waals surface area contributed by atoms with Crippen LogP contribution in [-0.2, 0) is 6.61 Å². The van der Waals surface area contributed by atoms with Crippen LogP contribution in [0.1, 0.15) is 4.88 Å². The first-order valence-electron chi connectivity index (χ1n) is 5.69. The summed E-state index contributed by atoms with van der Waals surface area (Å²) in [5, 5.41) is 11.9. The Morgan fingerprint density at radius 2 is 1.95 bits per heavy atom. The molecule has 96 valence electrons. The molecule has 1 N–H and O–H groups in total. The molecule has 3 rings (SSSR count). The lowest BCUT2D eigenvalue weighted by atomic mass is 10.1. The fraction of sp³-hybridized carbons (Fsp3) is 0.0714. The van der Waals surface area contributed by atoms with E-state index in [1.54, 1.807) is 0 Å². The van der Waals surface area contributed by atoms with E-state index in [0.717, 1.165) is 16.5 Å². The van der Waals surface area contributed by atoms with Crippen molar-refractivity contribution in [1.29, 1.82) is 0 Å².